The van der Waals surface area contributed by atoms with E-state index in [-0.39, 0.29) is 30.0 Å². The number of benzene rings is 1. The minimum atomic E-state index is -0.293. The SMILES string of the molecule is CNC(=O)c1cc(Oc2cc(NC(=O)C(C)CN)ccc2C)ccn1. The summed E-state index contributed by atoms with van der Waals surface area (Å²) in [6.45, 7) is 3.93. The molecule has 2 rings (SSSR count). The van der Waals surface area contributed by atoms with Crippen molar-refractivity contribution in [2.24, 2.45) is 11.7 Å². The van der Waals surface area contributed by atoms with Crippen molar-refractivity contribution in [1.29, 1.82) is 0 Å². The van der Waals surface area contributed by atoms with Crippen molar-refractivity contribution in [3.63, 3.8) is 0 Å². The molecule has 1 aromatic carbocycles. The molecule has 7 nitrogen and oxygen atoms in total. The number of nitrogens with zero attached hydrogens (tertiary/aromatic N) is 1. The summed E-state index contributed by atoms with van der Waals surface area (Å²) in [5.41, 5.74) is 7.28. The van der Waals surface area contributed by atoms with E-state index in [1.54, 1.807) is 31.2 Å². The third-order valence-electron chi connectivity index (χ3n) is 3.68. The predicted octanol–water partition coefficient (Wildman–Crippen LogP) is 2.08. The monoisotopic (exact) mass is 342 g/mol. The van der Waals surface area contributed by atoms with Crippen LogP contribution in [-0.2, 0) is 4.79 Å². The molecule has 7 heteroatoms. The number of hydrogen-bond acceptors (Lipinski definition) is 5. The van der Waals surface area contributed by atoms with Gasteiger partial charge >= 0.3 is 0 Å². The largest absolute Gasteiger partial charge is 0.457 e. The van der Waals surface area contributed by atoms with E-state index in [1.165, 1.54) is 13.2 Å². The number of anilines is 1. The van der Waals surface area contributed by atoms with Crippen molar-refractivity contribution in [2.45, 2.75) is 13.8 Å². The lowest BCUT2D eigenvalue weighted by molar-refractivity contribution is -0.119. The molecule has 132 valence electrons. The Morgan fingerprint density at radius 3 is 2.72 bits per heavy atom. The Labute approximate surface area is 146 Å². The van der Waals surface area contributed by atoms with Gasteiger partial charge in [-0.15, -0.1) is 0 Å². The van der Waals surface area contributed by atoms with E-state index in [4.69, 9.17) is 10.5 Å². The standard InChI is InChI=1S/C18H22N4O3/c1-11-4-5-13(22-17(23)12(2)10-19)8-16(11)25-14-6-7-21-15(9-14)18(24)20-3/h4-9,12H,10,19H2,1-3H3,(H,20,24)(H,22,23). The van der Waals surface area contributed by atoms with E-state index in [0.717, 1.165) is 5.56 Å². The van der Waals surface area contributed by atoms with Gasteiger partial charge in [-0.3, -0.25) is 14.6 Å². The van der Waals surface area contributed by atoms with Gasteiger partial charge in [-0.2, -0.15) is 0 Å². The van der Waals surface area contributed by atoms with Gasteiger partial charge in [-0.1, -0.05) is 13.0 Å². The number of aryl methyl sites for hydroxylation is 1. The average molecular weight is 342 g/mol. The van der Waals surface area contributed by atoms with Crippen molar-refractivity contribution < 1.29 is 14.3 Å². The Morgan fingerprint density at radius 1 is 1.28 bits per heavy atom. The van der Waals surface area contributed by atoms with Gasteiger partial charge in [0.15, 0.2) is 0 Å². The molecule has 1 aromatic heterocycles. The highest BCUT2D eigenvalue weighted by molar-refractivity contribution is 5.93. The Hall–Kier alpha value is -2.93. The van der Waals surface area contributed by atoms with Crippen LogP contribution in [0.3, 0.4) is 0 Å². The fourth-order valence-electron chi connectivity index (χ4n) is 2.01. The van der Waals surface area contributed by atoms with Gasteiger partial charge in [0, 0.05) is 43.5 Å². The second kappa shape index (κ2) is 8.25. The number of carbonyl (C=O) groups excluding carboxylic acids is 2. The minimum Gasteiger partial charge on any atom is -0.457 e. The quantitative estimate of drug-likeness (QED) is 0.745. The van der Waals surface area contributed by atoms with Gasteiger partial charge < -0.3 is 21.1 Å². The lowest BCUT2D eigenvalue weighted by Crippen LogP contribution is -2.26. The fraction of sp³-hybridized carbons (Fsp3) is 0.278. The molecule has 0 fully saturated rings. The summed E-state index contributed by atoms with van der Waals surface area (Å²) in [7, 11) is 1.54. The van der Waals surface area contributed by atoms with Crippen molar-refractivity contribution in [2.75, 3.05) is 18.9 Å². The topological polar surface area (TPSA) is 106 Å². The number of aromatic nitrogens is 1. The second-order valence-corrected chi connectivity index (χ2v) is 5.66. The summed E-state index contributed by atoms with van der Waals surface area (Å²) in [4.78, 5) is 27.6. The maximum Gasteiger partial charge on any atom is 0.269 e. The Bertz CT molecular complexity index is 777. The lowest BCUT2D eigenvalue weighted by Gasteiger charge is -2.13. The molecule has 0 radical (unpaired) electrons. The molecule has 4 N–H and O–H groups in total. The van der Waals surface area contributed by atoms with Crippen LogP contribution in [0.5, 0.6) is 11.5 Å². The van der Waals surface area contributed by atoms with Crippen LogP contribution in [0, 0.1) is 12.8 Å². The number of pyridine rings is 1. The highest BCUT2D eigenvalue weighted by Gasteiger charge is 2.12. The van der Waals surface area contributed by atoms with Crippen LogP contribution >= 0.6 is 0 Å². The van der Waals surface area contributed by atoms with E-state index in [2.05, 4.69) is 15.6 Å². The molecule has 1 heterocycles. The zero-order chi connectivity index (χ0) is 18.4. The summed E-state index contributed by atoms with van der Waals surface area (Å²) in [5, 5.41) is 5.33. The predicted molar refractivity (Wildman–Crippen MR) is 95.7 cm³/mol. The fourth-order valence-corrected chi connectivity index (χ4v) is 2.01. The van der Waals surface area contributed by atoms with Crippen molar-refractivity contribution in [3.8, 4) is 11.5 Å². The molecule has 0 spiro atoms. The molecule has 0 bridgehead atoms. The van der Waals surface area contributed by atoms with Gasteiger partial charge in [-0.05, 0) is 24.6 Å². The van der Waals surface area contributed by atoms with Crippen LogP contribution < -0.4 is 21.1 Å². The summed E-state index contributed by atoms with van der Waals surface area (Å²) in [6.07, 6.45) is 1.50. The number of carbonyl (C=O) groups is 2. The molecule has 0 aliphatic rings. The van der Waals surface area contributed by atoms with Crippen LogP contribution in [0.1, 0.15) is 23.0 Å². The van der Waals surface area contributed by atoms with Crippen molar-refractivity contribution in [3.05, 3.63) is 47.8 Å². The highest BCUT2D eigenvalue weighted by Crippen LogP contribution is 2.28. The summed E-state index contributed by atoms with van der Waals surface area (Å²) in [5.74, 6) is 0.339. The number of rotatable bonds is 6. The van der Waals surface area contributed by atoms with Gasteiger partial charge in [0.2, 0.25) is 5.91 Å². The molecule has 1 unspecified atom stereocenters. The first-order valence-electron chi connectivity index (χ1n) is 7.92. The third kappa shape index (κ3) is 4.77. The number of nitrogens with one attached hydrogen (secondary N) is 2. The number of ether oxygens (including phenoxy) is 1. The molecule has 0 saturated heterocycles. The van der Waals surface area contributed by atoms with E-state index in [1.807, 2.05) is 13.0 Å². The molecular weight excluding hydrogens is 320 g/mol. The summed E-state index contributed by atoms with van der Waals surface area (Å²) in [6, 6.07) is 8.59. The van der Waals surface area contributed by atoms with E-state index < -0.39 is 0 Å². The molecule has 2 aromatic rings. The zero-order valence-electron chi connectivity index (χ0n) is 14.5. The normalized spacial score (nSPS) is 11.5. The van der Waals surface area contributed by atoms with Crippen molar-refractivity contribution in [1.82, 2.24) is 10.3 Å². The molecular formula is C18H22N4O3. The average Bonchev–Trinajstić information content (AvgIpc) is 2.63. The first-order chi connectivity index (χ1) is 11.9. The zero-order valence-corrected chi connectivity index (χ0v) is 14.5. The molecule has 25 heavy (non-hydrogen) atoms. The van der Waals surface area contributed by atoms with Crippen LogP contribution in [0.4, 0.5) is 5.69 Å². The maximum absolute atomic E-state index is 12.0. The first-order valence-corrected chi connectivity index (χ1v) is 7.92. The van der Waals surface area contributed by atoms with Crippen LogP contribution in [0.15, 0.2) is 36.5 Å². The Balaban J connectivity index is 2.21. The maximum atomic E-state index is 12.0. The number of amides is 2. The Morgan fingerprint density at radius 2 is 2.04 bits per heavy atom. The van der Waals surface area contributed by atoms with Crippen LogP contribution in [-0.4, -0.2) is 30.4 Å². The van der Waals surface area contributed by atoms with E-state index in [0.29, 0.717) is 17.2 Å². The Kier molecular flexibility index (Phi) is 6.08. The van der Waals surface area contributed by atoms with Crippen LogP contribution in [0.2, 0.25) is 0 Å². The summed E-state index contributed by atoms with van der Waals surface area (Å²) >= 11 is 0. The summed E-state index contributed by atoms with van der Waals surface area (Å²) < 4.78 is 5.86. The molecule has 1 atom stereocenters. The number of nitrogens with two attached hydrogens (primary N) is 1. The molecule has 0 aliphatic carbocycles. The number of hydrogen-bond donors (Lipinski definition) is 3. The second-order valence-electron chi connectivity index (χ2n) is 5.66. The first kappa shape index (κ1) is 18.4. The smallest absolute Gasteiger partial charge is 0.269 e. The van der Waals surface area contributed by atoms with E-state index >= 15 is 0 Å². The highest BCUT2D eigenvalue weighted by atomic mass is 16.5. The van der Waals surface area contributed by atoms with Crippen molar-refractivity contribution >= 4 is 17.5 Å². The molecule has 0 saturated carbocycles. The third-order valence-corrected chi connectivity index (χ3v) is 3.68. The molecule has 2 amide bonds. The minimum absolute atomic E-state index is 0.150. The molecule has 0 aliphatic heterocycles. The van der Waals surface area contributed by atoms with Gasteiger partial charge in [0.25, 0.3) is 5.91 Å². The lowest BCUT2D eigenvalue weighted by atomic mass is 10.1. The van der Waals surface area contributed by atoms with Crippen LogP contribution in [0.25, 0.3) is 0 Å². The van der Waals surface area contributed by atoms with E-state index in [9.17, 15) is 9.59 Å². The van der Waals surface area contributed by atoms with Gasteiger partial charge in [-0.25, -0.2) is 0 Å². The van der Waals surface area contributed by atoms with Gasteiger partial charge in [0.05, 0.1) is 0 Å². The van der Waals surface area contributed by atoms with Gasteiger partial charge in [0.1, 0.15) is 17.2 Å².